The molecule has 0 aliphatic heterocycles. The van der Waals surface area contributed by atoms with Crippen LogP contribution in [0.25, 0.3) is 0 Å². The average Bonchev–Trinajstić information content (AvgIpc) is 2.37. The summed E-state index contributed by atoms with van der Waals surface area (Å²) in [5.41, 5.74) is 7.31. The minimum atomic E-state index is -0.623. The van der Waals surface area contributed by atoms with E-state index >= 15 is 0 Å². The standard InChI is InChI=1S/C16H24N2O2/c1-11-7-12(2)9-14(8-11)20-13-5-4-6-16(10-13,18-3)15(17)19/h7-9,13,18H,4-6,10H2,1-3H3,(H2,17,19). The van der Waals surface area contributed by atoms with Crippen molar-refractivity contribution in [1.29, 1.82) is 0 Å². The van der Waals surface area contributed by atoms with Crippen LogP contribution >= 0.6 is 0 Å². The molecule has 0 saturated heterocycles. The lowest BCUT2D eigenvalue weighted by atomic mass is 9.79. The number of amides is 1. The smallest absolute Gasteiger partial charge is 0.237 e. The molecular weight excluding hydrogens is 252 g/mol. The van der Waals surface area contributed by atoms with Crippen LogP contribution in [0.1, 0.15) is 36.8 Å². The number of primary amides is 1. The molecule has 20 heavy (non-hydrogen) atoms. The number of carbonyl (C=O) groups is 1. The van der Waals surface area contributed by atoms with Crippen molar-refractivity contribution >= 4 is 5.91 Å². The molecule has 110 valence electrons. The van der Waals surface area contributed by atoms with Crippen LogP contribution in [0.3, 0.4) is 0 Å². The van der Waals surface area contributed by atoms with Crippen LogP contribution in [0.2, 0.25) is 0 Å². The highest BCUT2D eigenvalue weighted by atomic mass is 16.5. The summed E-state index contributed by atoms with van der Waals surface area (Å²) in [7, 11) is 1.80. The van der Waals surface area contributed by atoms with Crippen molar-refractivity contribution in [2.75, 3.05) is 7.05 Å². The number of rotatable bonds is 4. The highest BCUT2D eigenvalue weighted by Crippen LogP contribution is 2.31. The van der Waals surface area contributed by atoms with Crippen LogP contribution in [0.4, 0.5) is 0 Å². The molecule has 0 radical (unpaired) electrons. The van der Waals surface area contributed by atoms with Gasteiger partial charge in [0.2, 0.25) is 5.91 Å². The average molecular weight is 276 g/mol. The van der Waals surface area contributed by atoms with Crippen LogP contribution in [-0.4, -0.2) is 24.6 Å². The van der Waals surface area contributed by atoms with Crippen LogP contribution < -0.4 is 15.8 Å². The molecule has 2 unspecified atom stereocenters. The van der Waals surface area contributed by atoms with Gasteiger partial charge in [0.1, 0.15) is 17.4 Å². The normalized spacial score (nSPS) is 26.2. The second-order valence-corrected chi connectivity index (χ2v) is 5.86. The van der Waals surface area contributed by atoms with Gasteiger partial charge in [-0.2, -0.15) is 0 Å². The highest BCUT2D eigenvalue weighted by Gasteiger charge is 2.40. The minimum Gasteiger partial charge on any atom is -0.490 e. The lowest BCUT2D eigenvalue weighted by Gasteiger charge is -2.38. The molecule has 0 bridgehead atoms. The van der Waals surface area contributed by atoms with E-state index in [2.05, 4.69) is 25.2 Å². The van der Waals surface area contributed by atoms with Crippen molar-refractivity contribution in [3.05, 3.63) is 29.3 Å². The molecule has 2 atom stereocenters. The molecule has 3 N–H and O–H groups in total. The molecule has 2 rings (SSSR count). The van der Waals surface area contributed by atoms with Gasteiger partial charge in [-0.25, -0.2) is 0 Å². The van der Waals surface area contributed by atoms with E-state index in [1.165, 1.54) is 11.1 Å². The third kappa shape index (κ3) is 3.12. The van der Waals surface area contributed by atoms with Crippen LogP contribution in [0.15, 0.2) is 18.2 Å². The van der Waals surface area contributed by atoms with Gasteiger partial charge in [-0.3, -0.25) is 4.79 Å². The van der Waals surface area contributed by atoms with E-state index in [1.54, 1.807) is 7.05 Å². The molecule has 1 fully saturated rings. The maximum absolute atomic E-state index is 11.7. The van der Waals surface area contributed by atoms with Gasteiger partial charge < -0.3 is 15.8 Å². The van der Waals surface area contributed by atoms with E-state index in [1.807, 2.05) is 12.1 Å². The molecule has 0 aromatic heterocycles. The lowest BCUT2D eigenvalue weighted by Crippen LogP contribution is -2.58. The number of hydrogen-bond acceptors (Lipinski definition) is 3. The van der Waals surface area contributed by atoms with E-state index in [4.69, 9.17) is 10.5 Å². The summed E-state index contributed by atoms with van der Waals surface area (Å²) < 4.78 is 6.08. The molecule has 1 aliphatic rings. The van der Waals surface area contributed by atoms with Gasteiger partial charge >= 0.3 is 0 Å². The number of nitrogens with one attached hydrogen (secondary N) is 1. The molecule has 1 saturated carbocycles. The van der Waals surface area contributed by atoms with Crippen molar-refractivity contribution < 1.29 is 9.53 Å². The summed E-state index contributed by atoms with van der Waals surface area (Å²) in [5, 5.41) is 3.10. The molecule has 1 aromatic rings. The Bertz CT molecular complexity index is 481. The van der Waals surface area contributed by atoms with E-state index < -0.39 is 5.54 Å². The largest absolute Gasteiger partial charge is 0.490 e. The number of likely N-dealkylation sites (N-methyl/N-ethyl adjacent to an activating group) is 1. The molecule has 4 heteroatoms. The van der Waals surface area contributed by atoms with Gasteiger partial charge in [0.25, 0.3) is 0 Å². The Morgan fingerprint density at radius 3 is 2.55 bits per heavy atom. The molecule has 0 spiro atoms. The number of nitrogens with two attached hydrogens (primary N) is 1. The second kappa shape index (κ2) is 5.83. The molecular formula is C16H24N2O2. The predicted octanol–water partition coefficient (Wildman–Crippen LogP) is 2.07. The number of benzene rings is 1. The first-order valence-corrected chi connectivity index (χ1v) is 7.19. The quantitative estimate of drug-likeness (QED) is 0.885. The minimum absolute atomic E-state index is 0.0323. The third-order valence-corrected chi connectivity index (χ3v) is 4.15. The van der Waals surface area contributed by atoms with E-state index in [9.17, 15) is 4.79 Å². The zero-order valence-electron chi connectivity index (χ0n) is 12.5. The number of ether oxygens (including phenoxy) is 1. The Labute approximate surface area is 120 Å². The Morgan fingerprint density at radius 1 is 1.35 bits per heavy atom. The second-order valence-electron chi connectivity index (χ2n) is 5.86. The van der Waals surface area contributed by atoms with Crippen molar-refractivity contribution in [2.45, 2.75) is 51.2 Å². The zero-order chi connectivity index (χ0) is 14.8. The summed E-state index contributed by atoms with van der Waals surface area (Å²) in [4.78, 5) is 11.7. The molecule has 4 nitrogen and oxygen atoms in total. The molecule has 1 amide bonds. The van der Waals surface area contributed by atoms with E-state index in [0.29, 0.717) is 6.42 Å². The Balaban J connectivity index is 2.11. The van der Waals surface area contributed by atoms with Crippen molar-refractivity contribution in [3.63, 3.8) is 0 Å². The maximum Gasteiger partial charge on any atom is 0.237 e. The molecule has 1 aliphatic carbocycles. The monoisotopic (exact) mass is 276 g/mol. The topological polar surface area (TPSA) is 64.3 Å². The van der Waals surface area contributed by atoms with Crippen LogP contribution in [0.5, 0.6) is 5.75 Å². The Hall–Kier alpha value is -1.55. The van der Waals surface area contributed by atoms with Gasteiger partial charge in [0.15, 0.2) is 0 Å². The number of hydrogen-bond donors (Lipinski definition) is 2. The first-order chi connectivity index (χ1) is 9.45. The summed E-state index contributed by atoms with van der Waals surface area (Å²) >= 11 is 0. The fraction of sp³-hybridized carbons (Fsp3) is 0.562. The van der Waals surface area contributed by atoms with E-state index in [-0.39, 0.29) is 12.0 Å². The van der Waals surface area contributed by atoms with Crippen molar-refractivity contribution in [2.24, 2.45) is 5.73 Å². The zero-order valence-corrected chi connectivity index (χ0v) is 12.5. The van der Waals surface area contributed by atoms with Gasteiger partial charge in [0.05, 0.1) is 0 Å². The van der Waals surface area contributed by atoms with E-state index in [0.717, 1.165) is 25.0 Å². The fourth-order valence-corrected chi connectivity index (χ4v) is 3.09. The maximum atomic E-state index is 11.7. The van der Waals surface area contributed by atoms with Gasteiger partial charge in [-0.05, 0) is 63.4 Å². The van der Waals surface area contributed by atoms with Crippen molar-refractivity contribution in [1.82, 2.24) is 5.32 Å². The van der Waals surface area contributed by atoms with Gasteiger partial charge in [-0.1, -0.05) is 6.07 Å². The Morgan fingerprint density at radius 2 is 2.00 bits per heavy atom. The van der Waals surface area contributed by atoms with Crippen LogP contribution in [0, 0.1) is 13.8 Å². The molecule has 1 aromatic carbocycles. The molecule has 0 heterocycles. The Kier molecular flexibility index (Phi) is 4.33. The summed E-state index contributed by atoms with van der Waals surface area (Å²) in [6.45, 7) is 4.12. The van der Waals surface area contributed by atoms with Gasteiger partial charge in [-0.15, -0.1) is 0 Å². The summed E-state index contributed by atoms with van der Waals surface area (Å²) in [5.74, 6) is 0.595. The van der Waals surface area contributed by atoms with Crippen molar-refractivity contribution in [3.8, 4) is 5.75 Å². The number of aryl methyl sites for hydroxylation is 2. The fourth-order valence-electron chi connectivity index (χ4n) is 3.09. The summed E-state index contributed by atoms with van der Waals surface area (Å²) in [6, 6.07) is 6.19. The SMILES string of the molecule is CNC1(C(N)=O)CCCC(Oc2cc(C)cc(C)c2)C1. The van der Waals surface area contributed by atoms with Gasteiger partial charge in [0, 0.05) is 6.42 Å². The van der Waals surface area contributed by atoms with Crippen LogP contribution in [-0.2, 0) is 4.79 Å². The first-order valence-electron chi connectivity index (χ1n) is 7.19. The predicted molar refractivity (Wildman–Crippen MR) is 79.8 cm³/mol. The highest BCUT2D eigenvalue weighted by molar-refractivity contribution is 5.84. The third-order valence-electron chi connectivity index (χ3n) is 4.15. The first kappa shape index (κ1) is 14.9. The lowest BCUT2D eigenvalue weighted by molar-refractivity contribution is -0.126. The summed E-state index contributed by atoms with van der Waals surface area (Å²) in [6.07, 6.45) is 3.35. The number of carbonyl (C=O) groups excluding carboxylic acids is 1.